The number of pyridine rings is 1. The van der Waals surface area contributed by atoms with Gasteiger partial charge in [0.25, 0.3) is 0 Å². The van der Waals surface area contributed by atoms with Crippen molar-refractivity contribution in [3.8, 4) is 11.5 Å². The Morgan fingerprint density at radius 3 is 2.67 bits per heavy atom. The Balaban J connectivity index is 1.18. The molecule has 6 heteroatoms. The Hall–Kier alpha value is -2.86. The molecule has 36 heavy (non-hydrogen) atoms. The summed E-state index contributed by atoms with van der Waals surface area (Å²) in [7, 11) is 0. The molecule has 2 fully saturated rings. The molecule has 0 radical (unpaired) electrons. The van der Waals surface area contributed by atoms with Crippen molar-refractivity contribution in [2.75, 3.05) is 19.6 Å². The van der Waals surface area contributed by atoms with E-state index in [4.69, 9.17) is 21.1 Å². The summed E-state index contributed by atoms with van der Waals surface area (Å²) in [6.45, 7) is 3.11. The average molecular weight is 503 g/mol. The van der Waals surface area contributed by atoms with Crippen LogP contribution >= 0.6 is 11.6 Å². The molecule has 0 unspecified atom stereocenters. The number of aromatic nitrogens is 1. The number of hydrogen-bond donors (Lipinski definition) is 1. The Labute approximate surface area is 217 Å². The first-order valence-corrected chi connectivity index (χ1v) is 13.2. The first-order valence-electron chi connectivity index (χ1n) is 12.9. The molecular formula is C30H31ClN2O3. The van der Waals surface area contributed by atoms with E-state index in [0.29, 0.717) is 17.7 Å². The van der Waals surface area contributed by atoms with Crippen LogP contribution in [0.4, 0.5) is 0 Å². The smallest absolute Gasteiger partial charge is 0.131 e. The number of benzene rings is 2. The highest BCUT2D eigenvalue weighted by atomic mass is 35.5. The highest BCUT2D eigenvalue weighted by Crippen LogP contribution is 2.40. The van der Waals surface area contributed by atoms with E-state index in [-0.39, 0.29) is 0 Å². The molecule has 0 atom stereocenters. The van der Waals surface area contributed by atoms with Crippen LogP contribution in [-0.4, -0.2) is 40.7 Å². The van der Waals surface area contributed by atoms with Gasteiger partial charge in [0.15, 0.2) is 0 Å². The number of hydrogen-bond acceptors (Lipinski definition) is 5. The molecule has 0 spiro atoms. The van der Waals surface area contributed by atoms with Gasteiger partial charge in [0, 0.05) is 42.0 Å². The average Bonchev–Trinajstić information content (AvgIpc) is 3.73. The molecular weight excluding hydrogens is 472 g/mol. The normalized spacial score (nSPS) is 20.2. The fourth-order valence-corrected chi connectivity index (χ4v) is 5.32. The van der Waals surface area contributed by atoms with Crippen LogP contribution in [0.25, 0.3) is 5.57 Å². The quantitative estimate of drug-likeness (QED) is 0.449. The summed E-state index contributed by atoms with van der Waals surface area (Å²) in [5.41, 5.74) is 4.47. The fourth-order valence-electron chi connectivity index (χ4n) is 5.19. The van der Waals surface area contributed by atoms with E-state index in [0.717, 1.165) is 91.2 Å². The maximum absolute atomic E-state index is 11.2. The Morgan fingerprint density at radius 2 is 1.89 bits per heavy atom. The minimum Gasteiger partial charge on any atom is -0.490 e. The van der Waals surface area contributed by atoms with Crippen molar-refractivity contribution >= 4 is 17.2 Å². The van der Waals surface area contributed by atoms with E-state index in [9.17, 15) is 5.11 Å². The van der Waals surface area contributed by atoms with Gasteiger partial charge in [-0.05, 0) is 79.6 Å². The molecule has 0 amide bonds. The van der Waals surface area contributed by atoms with Gasteiger partial charge in [0.05, 0.1) is 17.4 Å². The lowest BCUT2D eigenvalue weighted by molar-refractivity contribution is -0.0254. The summed E-state index contributed by atoms with van der Waals surface area (Å²) in [4.78, 5) is 7.03. The van der Waals surface area contributed by atoms with Crippen molar-refractivity contribution in [1.82, 2.24) is 9.88 Å². The second kappa shape index (κ2) is 9.89. The summed E-state index contributed by atoms with van der Waals surface area (Å²) >= 11 is 6.03. The monoisotopic (exact) mass is 502 g/mol. The maximum atomic E-state index is 11.2. The van der Waals surface area contributed by atoms with Crippen LogP contribution in [0.2, 0.25) is 5.02 Å². The maximum Gasteiger partial charge on any atom is 0.131 e. The minimum absolute atomic E-state index is 0.349. The molecule has 1 saturated carbocycles. The Kier molecular flexibility index (Phi) is 6.46. The van der Waals surface area contributed by atoms with Crippen molar-refractivity contribution in [2.24, 2.45) is 0 Å². The van der Waals surface area contributed by atoms with Gasteiger partial charge in [0.1, 0.15) is 18.1 Å². The molecule has 3 aromatic rings. The molecule has 5 nitrogen and oxygen atoms in total. The predicted octanol–water partition coefficient (Wildman–Crippen LogP) is 5.97. The molecule has 1 aliphatic carbocycles. The van der Waals surface area contributed by atoms with Crippen LogP contribution < -0.4 is 9.47 Å². The highest BCUT2D eigenvalue weighted by Gasteiger charge is 2.33. The van der Waals surface area contributed by atoms with E-state index < -0.39 is 5.60 Å². The van der Waals surface area contributed by atoms with Gasteiger partial charge in [-0.3, -0.25) is 4.98 Å². The standard InChI is InChI=1S/C30H31ClN2O3/c31-22-7-5-21(6-8-22)30(34)13-17-33(18-14-30)16-2-4-25-26-3-1-15-32-28(26)20-35-29-12-11-24(19-27(25)29)36-23-9-10-23/h1,3-8,11-12,15,19,23,34H,2,9-10,13-14,16-18,20H2. The van der Waals surface area contributed by atoms with Crippen LogP contribution in [0.1, 0.15) is 54.5 Å². The number of halogens is 1. The predicted molar refractivity (Wildman–Crippen MR) is 141 cm³/mol. The second-order valence-corrected chi connectivity index (χ2v) is 10.5. The molecule has 3 aliphatic rings. The van der Waals surface area contributed by atoms with Crippen LogP contribution in [0.3, 0.4) is 0 Å². The number of piperidine rings is 1. The Morgan fingerprint density at radius 1 is 1.08 bits per heavy atom. The summed E-state index contributed by atoms with van der Waals surface area (Å²) in [6, 6.07) is 17.9. The van der Waals surface area contributed by atoms with E-state index in [1.54, 1.807) is 0 Å². The van der Waals surface area contributed by atoms with Crippen LogP contribution in [0.5, 0.6) is 11.5 Å². The minimum atomic E-state index is -0.778. The number of rotatable bonds is 6. The first kappa shape index (κ1) is 23.5. The van der Waals surface area contributed by atoms with Gasteiger partial charge >= 0.3 is 0 Å². The Bertz CT molecular complexity index is 1260. The van der Waals surface area contributed by atoms with E-state index >= 15 is 0 Å². The molecule has 0 bridgehead atoms. The van der Waals surface area contributed by atoms with Gasteiger partial charge in [-0.15, -0.1) is 0 Å². The lowest BCUT2D eigenvalue weighted by Gasteiger charge is -2.38. The molecule has 1 saturated heterocycles. The first-order chi connectivity index (χ1) is 17.6. The number of nitrogens with zero attached hydrogens (tertiary/aromatic N) is 2. The molecule has 2 aromatic carbocycles. The third-order valence-electron chi connectivity index (χ3n) is 7.47. The molecule has 1 aromatic heterocycles. The fraction of sp³-hybridized carbons (Fsp3) is 0.367. The lowest BCUT2D eigenvalue weighted by atomic mass is 9.84. The number of aliphatic hydroxyl groups is 1. The highest BCUT2D eigenvalue weighted by molar-refractivity contribution is 6.30. The van der Waals surface area contributed by atoms with Crippen molar-refractivity contribution in [2.45, 2.75) is 50.4 Å². The summed E-state index contributed by atoms with van der Waals surface area (Å²) in [5, 5.41) is 11.9. The largest absolute Gasteiger partial charge is 0.490 e. The van der Waals surface area contributed by atoms with Crippen molar-refractivity contribution in [3.05, 3.63) is 94.3 Å². The second-order valence-electron chi connectivity index (χ2n) is 10.0. The third kappa shape index (κ3) is 5.01. The van der Waals surface area contributed by atoms with Crippen LogP contribution in [0.15, 0.2) is 66.9 Å². The zero-order valence-corrected chi connectivity index (χ0v) is 21.1. The molecule has 2 aliphatic heterocycles. The van der Waals surface area contributed by atoms with Crippen molar-refractivity contribution in [3.63, 3.8) is 0 Å². The van der Waals surface area contributed by atoms with Gasteiger partial charge in [0.2, 0.25) is 0 Å². The molecule has 186 valence electrons. The third-order valence-corrected chi connectivity index (χ3v) is 7.72. The topological polar surface area (TPSA) is 54.8 Å². The zero-order valence-electron chi connectivity index (χ0n) is 20.3. The van der Waals surface area contributed by atoms with Gasteiger partial charge in [-0.2, -0.15) is 0 Å². The van der Waals surface area contributed by atoms with E-state index in [2.05, 4.69) is 28.1 Å². The molecule has 1 N–H and O–H groups in total. The van der Waals surface area contributed by atoms with Crippen molar-refractivity contribution in [1.29, 1.82) is 0 Å². The molecule has 6 rings (SSSR count). The summed E-state index contributed by atoms with van der Waals surface area (Å²) in [5.74, 6) is 1.77. The molecule has 3 heterocycles. The van der Waals surface area contributed by atoms with Gasteiger partial charge in [-0.1, -0.05) is 35.9 Å². The van der Waals surface area contributed by atoms with Crippen molar-refractivity contribution < 1.29 is 14.6 Å². The van der Waals surface area contributed by atoms with Crippen LogP contribution in [-0.2, 0) is 12.2 Å². The van der Waals surface area contributed by atoms with E-state index in [1.165, 1.54) is 0 Å². The number of likely N-dealkylation sites (tertiary alicyclic amines) is 1. The van der Waals surface area contributed by atoms with E-state index in [1.807, 2.05) is 48.7 Å². The number of ether oxygens (including phenoxy) is 2. The summed E-state index contributed by atoms with van der Waals surface area (Å²) < 4.78 is 12.2. The SMILES string of the molecule is OC1(c2ccc(Cl)cc2)CCN(CCC=C2c3cc(OC4CC4)ccc3OCc3ncccc32)CC1. The lowest BCUT2D eigenvalue weighted by Crippen LogP contribution is -2.42. The van der Waals surface area contributed by atoms with Crippen LogP contribution in [0, 0.1) is 0 Å². The zero-order chi connectivity index (χ0) is 24.5. The van der Waals surface area contributed by atoms with Gasteiger partial charge in [-0.25, -0.2) is 0 Å². The van der Waals surface area contributed by atoms with Gasteiger partial charge < -0.3 is 19.5 Å². The summed E-state index contributed by atoms with van der Waals surface area (Å²) in [6.07, 6.45) is 9.09. The number of fused-ring (bicyclic) bond motifs is 2.